The summed E-state index contributed by atoms with van der Waals surface area (Å²) in [6.07, 6.45) is 0. The second kappa shape index (κ2) is 4.83. The number of hydrogen-bond acceptors (Lipinski definition) is 2. The Kier molecular flexibility index (Phi) is 1.70. The van der Waals surface area contributed by atoms with Gasteiger partial charge < -0.3 is 0 Å². The molecule has 25 aromatic rings. The predicted octanol–water partition coefficient (Wildman–Crippen LogP) is 14.0. The van der Waals surface area contributed by atoms with E-state index in [1.165, 1.54) is 70.4 Å². The Morgan fingerprint density at radius 3 is 0.969 bits per heavy atom. The fraction of sp³-hybridized carbons (Fsp3) is 0.0794. The van der Waals surface area contributed by atoms with Crippen molar-refractivity contribution in [1.82, 2.24) is 0 Å². The molecule has 0 amide bonds. The summed E-state index contributed by atoms with van der Waals surface area (Å²) < 4.78 is 0. The maximum Gasteiger partial charge on any atom is 0.169 e. The van der Waals surface area contributed by atoms with Gasteiger partial charge in [0, 0.05) is 11.8 Å². The lowest BCUT2D eigenvalue weighted by Crippen LogP contribution is -2.33. The Balaban J connectivity index is 1.27. The van der Waals surface area contributed by atoms with Crippen LogP contribution in [0.25, 0.3) is 270 Å². The van der Waals surface area contributed by atoms with E-state index >= 15 is 0 Å². The minimum absolute atomic E-state index is 0.0207. The van der Waals surface area contributed by atoms with Gasteiger partial charge in [-0.3, -0.25) is 0 Å². The number of rotatable bonds is 0. The van der Waals surface area contributed by atoms with Gasteiger partial charge in [0.15, 0.2) is 5.41 Å². The van der Waals surface area contributed by atoms with E-state index in [4.69, 9.17) is 0 Å². The van der Waals surface area contributed by atoms with Crippen molar-refractivity contribution >= 4 is 270 Å². The highest BCUT2D eigenvalue weighted by Gasteiger charge is 2.99. The van der Waals surface area contributed by atoms with Gasteiger partial charge >= 0.3 is 0 Å². The molecule has 0 radical (unpaired) electrons. The number of nitriles is 2. The third-order valence-corrected chi connectivity index (χ3v) is 25.2. The zero-order valence-electron chi connectivity index (χ0n) is 32.5. The second-order valence-corrected chi connectivity index (χ2v) is 24.6. The van der Waals surface area contributed by atoms with Gasteiger partial charge in [-0.2, -0.15) is 10.5 Å². The fourth-order valence-electron chi connectivity index (χ4n) is 25.6. The van der Waals surface area contributed by atoms with Crippen LogP contribution in [0.1, 0.15) is 34.1 Å². The summed E-state index contributed by atoms with van der Waals surface area (Å²) in [5.41, 5.74) is 6.69. The average Bonchev–Trinajstić information content (AvgIpc) is 4.17. The summed E-state index contributed by atoms with van der Waals surface area (Å²) in [6.45, 7) is 0. The standard InChI is InChI=1S/C63H2N2/c64-1-61(2-65)62-57-49-41-31-21-13-5-3-4-7-11-9(5)17-25-19(11)29-23-15(7)16-8(4)12-10-6(3)14(13)22-28-18(10)26-20(12)30-24(16)34-33(23)43-37(29)47-39(25)45(35(41)27(17)21)53(57)55(47)59-51(43)52-44(34)38(30)48-40(26)46-36(28)42(32(22)31)50(49)58(62)54(46)56(48)60(52)63(59,61)62/h49,58H. The lowest BCUT2D eigenvalue weighted by Gasteiger charge is -2.36. The van der Waals surface area contributed by atoms with Crippen LogP contribution >= 0.6 is 0 Å². The zero-order valence-corrected chi connectivity index (χ0v) is 32.5. The lowest BCUT2D eigenvalue weighted by molar-refractivity contribution is 0.526. The Bertz CT molecular complexity index is 7290. The average molecular weight is 787 g/mol. The topological polar surface area (TPSA) is 47.6 Å². The van der Waals surface area contributed by atoms with Crippen LogP contribution in [0.15, 0.2) is 0 Å². The van der Waals surface area contributed by atoms with E-state index in [2.05, 4.69) is 12.1 Å². The maximum absolute atomic E-state index is 12.5. The van der Waals surface area contributed by atoms with E-state index in [9.17, 15) is 10.5 Å². The van der Waals surface area contributed by atoms with Crippen molar-refractivity contribution < 1.29 is 0 Å². The van der Waals surface area contributed by atoms with Crippen LogP contribution in [0.2, 0.25) is 0 Å². The van der Waals surface area contributed by atoms with Crippen molar-refractivity contribution in [2.24, 2.45) is 10.8 Å². The van der Waals surface area contributed by atoms with Crippen LogP contribution in [-0.2, 0) is 5.41 Å². The van der Waals surface area contributed by atoms with Crippen molar-refractivity contribution in [2.75, 3.05) is 0 Å². The van der Waals surface area contributed by atoms with Crippen LogP contribution in [0.3, 0.4) is 0 Å². The third kappa shape index (κ3) is 1.07. The van der Waals surface area contributed by atoms with Crippen LogP contribution in [0.5, 0.6) is 0 Å². The first kappa shape index (κ1) is 22.9. The summed E-state index contributed by atoms with van der Waals surface area (Å²) in [6, 6.07) is 6.31. The molecular formula is C63H2N2. The zero-order chi connectivity index (χ0) is 38.4. The SMILES string of the molecule is N#CC1(C#N)C23c4c5c6c7c8c9c%10c%11c%12c%13c%14c(c%15c2c2c4c4c%16c5c7c5c7c8c%10c8c%10c%11c%13c%11c%13c%14c%15c%14c2c2c4c4c%16c5c5c7c8c7c%10c%11c8c%13c%14c2c2c4c5c7c82)C2C=%12C9C=6C213. The second-order valence-electron chi connectivity index (χ2n) is 24.6. The molecule has 0 N–H and O–H groups in total. The molecule has 264 valence electrons. The van der Waals surface area contributed by atoms with Crippen molar-refractivity contribution in [3.05, 3.63) is 32.7 Å². The van der Waals surface area contributed by atoms with Crippen LogP contribution in [0, 0.1) is 33.5 Å². The van der Waals surface area contributed by atoms with E-state index in [1.807, 2.05) is 0 Å². The van der Waals surface area contributed by atoms with Gasteiger partial charge in [0.1, 0.15) is 0 Å². The Morgan fingerprint density at radius 2 is 0.569 bits per heavy atom. The van der Waals surface area contributed by atoms with Crippen molar-refractivity contribution in [2.45, 2.75) is 17.3 Å². The number of hydrogen-bond donors (Lipinski definition) is 0. The largest absolute Gasteiger partial charge is 0.196 e. The Hall–Kier alpha value is -8.30. The van der Waals surface area contributed by atoms with Crippen molar-refractivity contribution in [1.29, 1.82) is 10.5 Å². The van der Waals surface area contributed by atoms with Crippen LogP contribution in [-0.4, -0.2) is 0 Å². The van der Waals surface area contributed by atoms with Crippen molar-refractivity contribution in [3.63, 3.8) is 0 Å². The molecule has 8 aliphatic carbocycles. The highest BCUT2D eigenvalue weighted by Crippen LogP contribution is 3.00. The van der Waals surface area contributed by atoms with Gasteiger partial charge in [0.2, 0.25) is 0 Å². The molecule has 4 atom stereocenters. The monoisotopic (exact) mass is 786 g/mol. The summed E-state index contributed by atoms with van der Waals surface area (Å²) in [5, 5.41) is 104. The molecule has 25 aromatic carbocycles. The van der Waals surface area contributed by atoms with Gasteiger partial charge in [-0.05, 0) is 302 Å². The van der Waals surface area contributed by atoms with Crippen molar-refractivity contribution in [3.8, 4) is 12.1 Å². The molecule has 65 heavy (non-hydrogen) atoms. The summed E-state index contributed by atoms with van der Waals surface area (Å²) >= 11 is 0. The fourth-order valence-corrected chi connectivity index (χ4v) is 25.6. The first-order valence-electron chi connectivity index (χ1n) is 24.2. The normalized spacial score (nSPS) is 26.9. The van der Waals surface area contributed by atoms with Gasteiger partial charge in [-0.1, -0.05) is 0 Å². The number of nitrogens with zero attached hydrogens (tertiary/aromatic N) is 2. The molecule has 2 spiro atoms. The molecule has 0 aromatic heterocycles. The Labute approximate surface area is 351 Å². The molecule has 2 heteroatoms. The van der Waals surface area contributed by atoms with E-state index < -0.39 is 16.2 Å². The van der Waals surface area contributed by atoms with Gasteiger partial charge in [-0.15, -0.1) is 0 Å². The highest BCUT2D eigenvalue weighted by atomic mass is 15.0. The van der Waals surface area contributed by atoms with E-state index in [-0.39, 0.29) is 11.8 Å². The highest BCUT2D eigenvalue weighted by molar-refractivity contribution is 6.79. The lowest BCUT2D eigenvalue weighted by atomic mass is 9.64. The predicted molar refractivity (Wildman–Crippen MR) is 263 cm³/mol. The molecule has 0 saturated heterocycles. The van der Waals surface area contributed by atoms with Gasteiger partial charge in [0.25, 0.3) is 0 Å². The van der Waals surface area contributed by atoms with Crippen LogP contribution < -0.4 is 10.4 Å². The maximum atomic E-state index is 12.5. The molecule has 8 aliphatic rings. The Morgan fingerprint density at radius 1 is 0.277 bits per heavy atom. The molecule has 33 rings (SSSR count). The summed E-state index contributed by atoms with van der Waals surface area (Å²) in [5.74, 6) is 0.126. The van der Waals surface area contributed by atoms with Crippen LogP contribution in [0.4, 0.5) is 0 Å². The first-order chi connectivity index (χ1) is 32.4. The molecular weight excluding hydrogens is 785 g/mol. The summed E-state index contributed by atoms with van der Waals surface area (Å²) in [4.78, 5) is 0. The van der Waals surface area contributed by atoms with E-state index in [1.54, 1.807) is 232 Å². The first-order valence-corrected chi connectivity index (χ1v) is 24.2. The van der Waals surface area contributed by atoms with E-state index in [0.717, 1.165) is 0 Å². The molecule has 2 nitrogen and oxygen atoms in total. The minimum atomic E-state index is -1.20. The minimum Gasteiger partial charge on any atom is -0.196 e. The quantitative estimate of drug-likeness (QED) is 0.144. The smallest absolute Gasteiger partial charge is 0.169 e. The number of benzene rings is 15. The van der Waals surface area contributed by atoms with Gasteiger partial charge in [-0.25, -0.2) is 0 Å². The molecule has 0 heterocycles. The van der Waals surface area contributed by atoms with Gasteiger partial charge in [0.05, 0.1) is 23.0 Å². The molecule has 2 fully saturated rings. The third-order valence-electron chi connectivity index (χ3n) is 25.2. The molecule has 0 aliphatic heterocycles. The molecule has 4 unspecified atom stereocenters. The molecule has 2 saturated carbocycles. The molecule has 0 bridgehead atoms. The van der Waals surface area contributed by atoms with E-state index in [0.29, 0.717) is 0 Å². The summed E-state index contributed by atoms with van der Waals surface area (Å²) in [7, 11) is 0.